The minimum Gasteiger partial charge on any atom is -0.465 e. The van der Waals surface area contributed by atoms with Crippen LogP contribution in [0.5, 0.6) is 0 Å². The van der Waals surface area contributed by atoms with Crippen LogP contribution in [0.25, 0.3) is 22.1 Å². The lowest BCUT2D eigenvalue weighted by Crippen LogP contribution is -2.28. The van der Waals surface area contributed by atoms with Gasteiger partial charge >= 0.3 is 5.97 Å². The third-order valence-electron chi connectivity index (χ3n) is 4.75. The van der Waals surface area contributed by atoms with Crippen molar-refractivity contribution >= 4 is 33.8 Å². The molecule has 2 heterocycles. The quantitative estimate of drug-likeness (QED) is 0.494. The first-order chi connectivity index (χ1) is 12.3. The van der Waals surface area contributed by atoms with E-state index in [2.05, 4.69) is 4.98 Å². The van der Waals surface area contributed by atoms with Crippen LogP contribution in [0.4, 0.5) is 0 Å². The Hall–Kier alpha value is -3.02. The number of pyridine rings is 1. The normalized spacial score (nSPS) is 15.9. The monoisotopic (exact) mass is 351 g/mol. The summed E-state index contributed by atoms with van der Waals surface area (Å²) in [5.41, 5.74) is 1.45. The van der Waals surface area contributed by atoms with E-state index in [1.165, 1.54) is 19.2 Å². The van der Waals surface area contributed by atoms with Gasteiger partial charge in [0.2, 0.25) is 11.1 Å². The highest BCUT2D eigenvalue weighted by Crippen LogP contribution is 2.35. The van der Waals surface area contributed by atoms with E-state index in [4.69, 9.17) is 9.15 Å². The molecule has 0 atom stereocenters. The van der Waals surface area contributed by atoms with Crippen LogP contribution in [-0.2, 0) is 11.2 Å². The average molecular weight is 351 g/mol. The van der Waals surface area contributed by atoms with Gasteiger partial charge in [-0.3, -0.25) is 9.59 Å². The molecule has 0 saturated heterocycles. The summed E-state index contributed by atoms with van der Waals surface area (Å²) in [6.07, 6.45) is 1.06. The molecule has 6 heteroatoms. The van der Waals surface area contributed by atoms with Crippen molar-refractivity contribution in [3.63, 3.8) is 0 Å². The fourth-order valence-corrected chi connectivity index (χ4v) is 3.49. The number of hydrogen-bond acceptors (Lipinski definition) is 6. The number of methoxy groups -OCH3 is 1. The number of esters is 1. The van der Waals surface area contributed by atoms with Gasteiger partial charge in [-0.25, -0.2) is 9.78 Å². The molecule has 132 valence electrons. The van der Waals surface area contributed by atoms with Crippen molar-refractivity contribution in [3.8, 4) is 0 Å². The van der Waals surface area contributed by atoms with Gasteiger partial charge in [0, 0.05) is 12.0 Å². The number of carbonyl (C=O) groups is 2. The second-order valence-corrected chi connectivity index (χ2v) is 7.41. The molecule has 0 spiro atoms. The molecule has 0 bridgehead atoms. The number of nitrogens with zero attached hydrogens (tertiary/aromatic N) is 1. The predicted octanol–water partition coefficient (Wildman–Crippen LogP) is 3.28. The van der Waals surface area contributed by atoms with Gasteiger partial charge in [0.15, 0.2) is 5.78 Å². The lowest BCUT2D eigenvalue weighted by atomic mass is 9.75. The molecule has 6 nitrogen and oxygen atoms in total. The van der Waals surface area contributed by atoms with Crippen molar-refractivity contribution in [3.05, 3.63) is 51.3 Å². The van der Waals surface area contributed by atoms with Crippen LogP contribution in [-0.4, -0.2) is 23.8 Å². The van der Waals surface area contributed by atoms with Gasteiger partial charge in [0.25, 0.3) is 0 Å². The largest absolute Gasteiger partial charge is 0.465 e. The Kier molecular flexibility index (Phi) is 3.47. The minimum absolute atomic E-state index is 0.0199. The van der Waals surface area contributed by atoms with E-state index < -0.39 is 5.97 Å². The number of ketones is 1. The van der Waals surface area contributed by atoms with Gasteiger partial charge in [-0.2, -0.15) is 0 Å². The molecule has 0 radical (unpaired) electrons. The summed E-state index contributed by atoms with van der Waals surface area (Å²) < 4.78 is 10.5. The van der Waals surface area contributed by atoms with Gasteiger partial charge in [0.1, 0.15) is 5.58 Å². The van der Waals surface area contributed by atoms with E-state index in [-0.39, 0.29) is 38.7 Å². The minimum atomic E-state index is -0.535. The molecule has 0 N–H and O–H groups in total. The van der Waals surface area contributed by atoms with E-state index in [9.17, 15) is 14.4 Å². The number of fused-ring (bicyclic) bond motifs is 3. The Labute approximate surface area is 148 Å². The smallest absolute Gasteiger partial charge is 0.337 e. The van der Waals surface area contributed by atoms with Crippen LogP contribution in [0.2, 0.25) is 0 Å². The molecule has 1 aliphatic carbocycles. The Bertz CT molecular complexity index is 1160. The zero-order valence-electron chi connectivity index (χ0n) is 14.7. The first-order valence-corrected chi connectivity index (χ1v) is 8.31. The molecule has 0 unspecified atom stereocenters. The average Bonchev–Trinajstić information content (AvgIpc) is 2.59. The maximum Gasteiger partial charge on any atom is 0.337 e. The SMILES string of the molecule is COC(=O)c1ccc2oc3nc4c(cc3c(=O)c2c1)C(=O)CC(C)(C)C4. The second kappa shape index (κ2) is 5.49. The van der Waals surface area contributed by atoms with E-state index in [1.54, 1.807) is 12.1 Å². The summed E-state index contributed by atoms with van der Waals surface area (Å²) in [6, 6.07) is 6.11. The van der Waals surface area contributed by atoms with Crippen molar-refractivity contribution in [2.75, 3.05) is 7.11 Å². The maximum atomic E-state index is 12.9. The summed E-state index contributed by atoms with van der Waals surface area (Å²) in [6.45, 7) is 4.04. The van der Waals surface area contributed by atoms with Crippen molar-refractivity contribution in [2.45, 2.75) is 26.7 Å². The van der Waals surface area contributed by atoms with Crippen molar-refractivity contribution in [2.24, 2.45) is 5.41 Å². The highest BCUT2D eigenvalue weighted by molar-refractivity contribution is 6.02. The van der Waals surface area contributed by atoms with Gasteiger partial charge in [-0.1, -0.05) is 13.8 Å². The van der Waals surface area contributed by atoms with Crippen LogP contribution in [0, 0.1) is 5.41 Å². The standard InChI is InChI=1S/C20H17NO5/c1-20(2)8-14-11(15(22)9-20)7-13-17(23)12-6-10(19(24)25-3)4-5-16(12)26-18(13)21-14/h4-7H,8-9H2,1-3H3. The molecule has 26 heavy (non-hydrogen) atoms. The summed E-state index contributed by atoms with van der Waals surface area (Å²) in [5.74, 6) is -0.555. The van der Waals surface area contributed by atoms with E-state index >= 15 is 0 Å². The third-order valence-corrected chi connectivity index (χ3v) is 4.75. The van der Waals surface area contributed by atoms with E-state index in [0.717, 1.165) is 0 Å². The lowest BCUT2D eigenvalue weighted by molar-refractivity contribution is 0.0600. The molecule has 0 amide bonds. The van der Waals surface area contributed by atoms with Gasteiger partial charge in [-0.15, -0.1) is 0 Å². The van der Waals surface area contributed by atoms with Crippen LogP contribution >= 0.6 is 0 Å². The summed E-state index contributed by atoms with van der Waals surface area (Å²) in [5, 5.41) is 0.497. The Morgan fingerprint density at radius 1 is 1.15 bits per heavy atom. The highest BCUT2D eigenvalue weighted by Gasteiger charge is 2.32. The molecule has 4 rings (SSSR count). The number of carbonyl (C=O) groups excluding carboxylic acids is 2. The summed E-state index contributed by atoms with van der Waals surface area (Å²) >= 11 is 0. The molecule has 2 aromatic heterocycles. The topological polar surface area (TPSA) is 86.5 Å². The first kappa shape index (κ1) is 16.4. The zero-order valence-corrected chi connectivity index (χ0v) is 14.7. The lowest BCUT2D eigenvalue weighted by Gasteiger charge is -2.29. The van der Waals surface area contributed by atoms with Gasteiger partial charge in [-0.05, 0) is 36.1 Å². The summed E-state index contributed by atoms with van der Waals surface area (Å²) in [7, 11) is 1.28. The zero-order chi connectivity index (χ0) is 18.6. The molecule has 1 aromatic carbocycles. The Morgan fingerprint density at radius 3 is 2.65 bits per heavy atom. The molecule has 3 aromatic rings. The predicted molar refractivity (Wildman–Crippen MR) is 95.6 cm³/mol. The Morgan fingerprint density at radius 2 is 1.92 bits per heavy atom. The van der Waals surface area contributed by atoms with Crippen LogP contribution in [0.3, 0.4) is 0 Å². The number of ether oxygens (including phenoxy) is 1. The molecule has 0 fully saturated rings. The number of rotatable bonds is 1. The van der Waals surface area contributed by atoms with Gasteiger partial charge in [0.05, 0.1) is 29.1 Å². The van der Waals surface area contributed by atoms with Crippen molar-refractivity contribution < 1.29 is 18.7 Å². The third kappa shape index (κ3) is 2.49. The molecule has 1 aliphatic rings. The summed E-state index contributed by atoms with van der Waals surface area (Å²) in [4.78, 5) is 41.6. The molecular formula is C20H17NO5. The van der Waals surface area contributed by atoms with E-state index in [1.807, 2.05) is 13.8 Å². The van der Waals surface area contributed by atoms with Gasteiger partial charge < -0.3 is 9.15 Å². The number of aromatic nitrogens is 1. The van der Waals surface area contributed by atoms with Crippen LogP contribution in [0.15, 0.2) is 33.5 Å². The number of hydrogen-bond donors (Lipinski definition) is 0. The maximum absolute atomic E-state index is 12.9. The molecular weight excluding hydrogens is 334 g/mol. The highest BCUT2D eigenvalue weighted by atomic mass is 16.5. The van der Waals surface area contributed by atoms with Crippen molar-refractivity contribution in [1.29, 1.82) is 0 Å². The number of Topliss-reactive ketones (excluding diaryl/α,β-unsaturated/α-hetero) is 1. The fraction of sp³-hybridized carbons (Fsp3) is 0.300. The van der Waals surface area contributed by atoms with Crippen molar-refractivity contribution in [1.82, 2.24) is 4.98 Å². The van der Waals surface area contributed by atoms with Crippen LogP contribution in [0.1, 0.15) is 46.7 Å². The molecule has 0 saturated carbocycles. The fourth-order valence-electron chi connectivity index (χ4n) is 3.49. The first-order valence-electron chi connectivity index (χ1n) is 8.31. The second-order valence-electron chi connectivity index (χ2n) is 7.41. The number of benzene rings is 1. The van der Waals surface area contributed by atoms with Crippen LogP contribution < -0.4 is 5.43 Å². The molecule has 0 aliphatic heterocycles. The Balaban J connectivity index is 2.00. The van der Waals surface area contributed by atoms with E-state index in [0.29, 0.717) is 29.7 Å².